The molecule has 1 aliphatic heterocycles. The zero-order valence-corrected chi connectivity index (χ0v) is 20.4. The summed E-state index contributed by atoms with van der Waals surface area (Å²) in [5, 5.41) is 8.12. The lowest BCUT2D eigenvalue weighted by atomic mass is 9.93. The van der Waals surface area contributed by atoms with Crippen LogP contribution in [0.4, 0.5) is 0 Å². The van der Waals surface area contributed by atoms with Crippen molar-refractivity contribution >= 4 is 29.4 Å². The van der Waals surface area contributed by atoms with Gasteiger partial charge in [0.05, 0.1) is 13.2 Å². The Morgan fingerprint density at radius 1 is 1.18 bits per heavy atom. The van der Waals surface area contributed by atoms with Gasteiger partial charge in [0.1, 0.15) is 11.2 Å². The number of ether oxygens (including phenoxy) is 1. The highest BCUT2D eigenvalue weighted by Gasteiger charge is 2.48. The van der Waals surface area contributed by atoms with Crippen LogP contribution in [0.5, 0.6) is 0 Å². The van der Waals surface area contributed by atoms with Crippen LogP contribution in [0, 0.1) is 0 Å². The molecule has 0 unspecified atom stereocenters. The van der Waals surface area contributed by atoms with Gasteiger partial charge in [0, 0.05) is 23.7 Å². The molecule has 1 saturated carbocycles. The number of amides is 2. The Morgan fingerprint density at radius 2 is 1.85 bits per heavy atom. The van der Waals surface area contributed by atoms with Gasteiger partial charge in [-0.05, 0) is 44.4 Å². The average molecular weight is 487 g/mol. The normalized spacial score (nSPS) is 21.0. The van der Waals surface area contributed by atoms with Crippen molar-refractivity contribution in [3.63, 3.8) is 0 Å². The van der Waals surface area contributed by atoms with Crippen molar-refractivity contribution in [2.45, 2.75) is 77.0 Å². The van der Waals surface area contributed by atoms with E-state index in [1.54, 1.807) is 30.9 Å². The van der Waals surface area contributed by atoms with Crippen molar-refractivity contribution in [1.82, 2.24) is 20.0 Å². The summed E-state index contributed by atoms with van der Waals surface area (Å²) < 4.78 is 6.51. The minimum atomic E-state index is -1.19. The maximum absolute atomic E-state index is 13.7. The molecule has 9 heteroatoms. The van der Waals surface area contributed by atoms with Gasteiger partial charge < -0.3 is 15.0 Å². The molecular weight excluding hydrogens is 456 g/mol. The summed E-state index contributed by atoms with van der Waals surface area (Å²) in [5.74, 6) is -1.16. The topological polar surface area (TPSA) is 93.5 Å². The largest absolute Gasteiger partial charge is 0.461 e. The van der Waals surface area contributed by atoms with Crippen molar-refractivity contribution in [2.75, 3.05) is 6.61 Å². The first kappa shape index (κ1) is 24.3. The van der Waals surface area contributed by atoms with Gasteiger partial charge in [-0.3, -0.25) is 14.3 Å². The number of halogens is 1. The van der Waals surface area contributed by atoms with Crippen LogP contribution >= 0.6 is 11.6 Å². The maximum Gasteiger partial charge on any atom is 0.358 e. The van der Waals surface area contributed by atoms with Gasteiger partial charge in [0.25, 0.3) is 5.91 Å². The Bertz CT molecular complexity index is 1060. The van der Waals surface area contributed by atoms with Crippen molar-refractivity contribution in [1.29, 1.82) is 0 Å². The van der Waals surface area contributed by atoms with Crippen molar-refractivity contribution < 1.29 is 19.1 Å². The standard InChI is InChI=1S/C25H31ClN4O4/c1-3-34-23(32)20-14-21-22(31)29(15-17-10-12-18(26)13-11-17)25(2,16-30(21)28-20)24(33)27-19-8-6-4-5-7-9-19/h10-14,19H,3-9,15-16H2,1-2H3,(H,27,33)/t25-/m1/s1. The van der Waals surface area contributed by atoms with Crippen molar-refractivity contribution in [2.24, 2.45) is 0 Å². The molecule has 1 aromatic heterocycles. The van der Waals surface area contributed by atoms with Gasteiger partial charge in [0.2, 0.25) is 5.91 Å². The number of nitrogens with zero attached hydrogens (tertiary/aromatic N) is 3. The fraction of sp³-hybridized carbons (Fsp3) is 0.520. The third kappa shape index (κ3) is 4.97. The molecule has 1 N–H and O–H groups in total. The molecule has 0 spiro atoms. The average Bonchev–Trinajstić information content (AvgIpc) is 3.07. The van der Waals surface area contributed by atoms with E-state index in [-0.39, 0.29) is 48.9 Å². The molecule has 4 rings (SSSR count). The van der Waals surface area contributed by atoms with E-state index in [0.717, 1.165) is 31.2 Å². The monoisotopic (exact) mass is 486 g/mol. The van der Waals surface area contributed by atoms with E-state index in [0.29, 0.717) is 5.02 Å². The first-order valence-corrected chi connectivity index (χ1v) is 12.3. The number of esters is 1. The molecule has 0 radical (unpaired) electrons. The Kier molecular flexibility index (Phi) is 7.26. The maximum atomic E-state index is 13.7. The molecule has 0 bridgehead atoms. The number of carbonyl (C=O) groups is 3. The summed E-state index contributed by atoms with van der Waals surface area (Å²) in [4.78, 5) is 41.2. The number of benzene rings is 1. The van der Waals surface area contributed by atoms with Gasteiger partial charge in [0.15, 0.2) is 5.69 Å². The summed E-state index contributed by atoms with van der Waals surface area (Å²) in [7, 11) is 0. The summed E-state index contributed by atoms with van der Waals surface area (Å²) in [6, 6.07) is 8.74. The molecule has 2 heterocycles. The van der Waals surface area contributed by atoms with Crippen LogP contribution in [-0.2, 0) is 22.6 Å². The molecule has 1 fully saturated rings. The first-order chi connectivity index (χ1) is 16.3. The number of rotatable bonds is 6. The predicted molar refractivity (Wildman–Crippen MR) is 128 cm³/mol. The van der Waals surface area contributed by atoms with Crippen molar-refractivity contribution in [3.8, 4) is 0 Å². The van der Waals surface area contributed by atoms with Crippen LogP contribution in [0.2, 0.25) is 5.02 Å². The van der Waals surface area contributed by atoms with Crippen LogP contribution < -0.4 is 5.32 Å². The molecule has 1 aliphatic carbocycles. The third-order valence-corrected chi connectivity index (χ3v) is 6.97. The summed E-state index contributed by atoms with van der Waals surface area (Å²) in [6.45, 7) is 4.05. The lowest BCUT2D eigenvalue weighted by Gasteiger charge is -2.44. The molecule has 2 aliphatic rings. The highest BCUT2D eigenvalue weighted by molar-refractivity contribution is 6.30. The Hall–Kier alpha value is -2.87. The SMILES string of the molecule is CCOC(=O)c1cc2n(n1)C[C@](C)(C(=O)NC1CCCCCC1)N(Cc1ccc(Cl)cc1)C2=O. The van der Waals surface area contributed by atoms with Crippen LogP contribution in [0.3, 0.4) is 0 Å². The minimum absolute atomic E-state index is 0.0602. The number of hydrogen-bond acceptors (Lipinski definition) is 5. The quantitative estimate of drug-likeness (QED) is 0.492. The van der Waals surface area contributed by atoms with Gasteiger partial charge in [-0.1, -0.05) is 49.4 Å². The van der Waals surface area contributed by atoms with Crippen LogP contribution in [0.15, 0.2) is 30.3 Å². The second-order valence-corrected chi connectivity index (χ2v) is 9.68. The van der Waals surface area contributed by atoms with Crippen LogP contribution in [0.1, 0.15) is 78.9 Å². The van der Waals surface area contributed by atoms with Gasteiger partial charge in [-0.2, -0.15) is 5.10 Å². The molecule has 1 aromatic carbocycles. The predicted octanol–water partition coefficient (Wildman–Crippen LogP) is 3.97. The fourth-order valence-electron chi connectivity index (χ4n) is 4.73. The van der Waals surface area contributed by atoms with E-state index in [9.17, 15) is 14.4 Å². The van der Waals surface area contributed by atoms with E-state index < -0.39 is 11.5 Å². The molecule has 34 heavy (non-hydrogen) atoms. The highest BCUT2D eigenvalue weighted by Crippen LogP contribution is 2.30. The number of fused-ring (bicyclic) bond motifs is 1. The Morgan fingerprint density at radius 3 is 2.50 bits per heavy atom. The summed E-state index contributed by atoms with van der Waals surface area (Å²) in [5.41, 5.74) is -0.0137. The van der Waals surface area contributed by atoms with E-state index in [1.165, 1.54) is 23.6 Å². The lowest BCUT2D eigenvalue weighted by molar-refractivity contribution is -0.134. The van der Waals surface area contributed by atoms with E-state index in [4.69, 9.17) is 16.3 Å². The number of aromatic nitrogens is 2. The van der Waals surface area contributed by atoms with Crippen LogP contribution in [-0.4, -0.2) is 50.7 Å². The van der Waals surface area contributed by atoms with E-state index in [2.05, 4.69) is 10.4 Å². The van der Waals surface area contributed by atoms with Crippen LogP contribution in [0.25, 0.3) is 0 Å². The summed E-state index contributed by atoms with van der Waals surface area (Å²) in [6.07, 6.45) is 6.40. The molecule has 1 atom stereocenters. The fourth-order valence-corrected chi connectivity index (χ4v) is 4.86. The lowest BCUT2D eigenvalue weighted by Crippen LogP contribution is -2.64. The zero-order chi connectivity index (χ0) is 24.3. The molecule has 182 valence electrons. The molecule has 2 amide bonds. The molecular formula is C25H31ClN4O4. The second kappa shape index (κ2) is 10.2. The first-order valence-electron chi connectivity index (χ1n) is 11.9. The molecule has 0 saturated heterocycles. The van der Waals surface area contributed by atoms with E-state index in [1.807, 2.05) is 12.1 Å². The smallest absolute Gasteiger partial charge is 0.358 e. The zero-order valence-electron chi connectivity index (χ0n) is 19.7. The van der Waals surface area contributed by atoms with E-state index >= 15 is 0 Å². The highest BCUT2D eigenvalue weighted by atomic mass is 35.5. The van der Waals surface area contributed by atoms with Crippen molar-refractivity contribution in [3.05, 3.63) is 52.3 Å². The number of hydrogen-bond donors (Lipinski definition) is 1. The minimum Gasteiger partial charge on any atom is -0.461 e. The Balaban J connectivity index is 1.67. The third-order valence-electron chi connectivity index (χ3n) is 6.72. The Labute approximate surface area is 204 Å². The van der Waals surface area contributed by atoms with Gasteiger partial charge in [-0.25, -0.2) is 4.79 Å². The number of carbonyl (C=O) groups excluding carboxylic acids is 3. The number of nitrogens with one attached hydrogen (secondary N) is 1. The summed E-state index contributed by atoms with van der Waals surface area (Å²) >= 11 is 6.04. The molecule has 2 aromatic rings. The molecule has 8 nitrogen and oxygen atoms in total. The van der Waals surface area contributed by atoms with Gasteiger partial charge in [-0.15, -0.1) is 0 Å². The second-order valence-electron chi connectivity index (χ2n) is 9.25. The van der Waals surface area contributed by atoms with Gasteiger partial charge >= 0.3 is 5.97 Å².